The maximum Gasteiger partial charge on any atom is 0.209 e. The highest BCUT2D eigenvalue weighted by molar-refractivity contribution is 5.49. The van der Waals surface area contributed by atoms with E-state index in [9.17, 15) is 4.79 Å². The number of nitrogens with zero attached hydrogens (tertiary/aromatic N) is 2. The second kappa shape index (κ2) is 2.46. The second-order valence-corrected chi connectivity index (χ2v) is 3.32. The van der Waals surface area contributed by atoms with Crippen molar-refractivity contribution in [3.05, 3.63) is 0 Å². The quantitative estimate of drug-likeness (QED) is 0.495. The Balaban J connectivity index is 1.71. The Hall–Kier alpha value is -0.610. The molecule has 0 aromatic heterocycles. The van der Waals surface area contributed by atoms with Crippen molar-refractivity contribution in [2.45, 2.75) is 12.1 Å². The third kappa shape index (κ3) is 1.12. The Kier molecular flexibility index (Phi) is 1.58. The lowest BCUT2D eigenvalue weighted by molar-refractivity contribution is -0.129. The molecule has 2 saturated heterocycles. The fraction of sp³-hybridized carbons (Fsp3) is 0.857. The van der Waals surface area contributed by atoms with Crippen LogP contribution in [0.3, 0.4) is 0 Å². The van der Waals surface area contributed by atoms with Crippen LogP contribution in [0.1, 0.15) is 0 Å². The number of carbonyl (C=O) groups excluding carboxylic acids is 1. The van der Waals surface area contributed by atoms with Crippen LogP contribution in [0.4, 0.5) is 0 Å². The van der Waals surface area contributed by atoms with Crippen LogP contribution in [-0.4, -0.2) is 59.6 Å². The summed E-state index contributed by atoms with van der Waals surface area (Å²) in [5, 5.41) is 8.99. The molecule has 0 radical (unpaired) electrons. The van der Waals surface area contributed by atoms with Crippen LogP contribution in [-0.2, 0) is 4.79 Å². The van der Waals surface area contributed by atoms with Gasteiger partial charge in [-0.3, -0.25) is 9.69 Å². The molecule has 62 valence electrons. The summed E-state index contributed by atoms with van der Waals surface area (Å²) < 4.78 is 0. The Morgan fingerprint density at radius 2 is 1.91 bits per heavy atom. The Morgan fingerprint density at radius 3 is 2.36 bits per heavy atom. The zero-order chi connectivity index (χ0) is 7.84. The molecule has 2 heterocycles. The number of carbonyl (C=O) groups is 1. The van der Waals surface area contributed by atoms with Crippen LogP contribution in [0.5, 0.6) is 0 Å². The number of likely N-dealkylation sites (tertiary alicyclic amines) is 2. The molecule has 2 aliphatic heterocycles. The van der Waals surface area contributed by atoms with Crippen LogP contribution in [0.15, 0.2) is 0 Å². The van der Waals surface area contributed by atoms with Crippen molar-refractivity contribution in [1.82, 2.24) is 9.80 Å². The molecule has 1 amide bonds. The molecule has 2 rings (SSSR count). The molecule has 2 aliphatic rings. The fourth-order valence-electron chi connectivity index (χ4n) is 1.59. The third-order valence-electron chi connectivity index (χ3n) is 2.45. The first kappa shape index (κ1) is 7.06. The molecule has 0 atom stereocenters. The summed E-state index contributed by atoms with van der Waals surface area (Å²) in [6.45, 7) is 3.27. The first-order valence-corrected chi connectivity index (χ1v) is 3.91. The predicted molar refractivity (Wildman–Crippen MR) is 39.0 cm³/mol. The average molecular weight is 156 g/mol. The van der Waals surface area contributed by atoms with Crippen molar-refractivity contribution in [2.75, 3.05) is 26.2 Å². The SMILES string of the molecule is O=CN1CC(N2CC(O)C2)C1. The van der Waals surface area contributed by atoms with E-state index in [4.69, 9.17) is 5.11 Å². The lowest BCUT2D eigenvalue weighted by Crippen LogP contribution is -2.66. The third-order valence-corrected chi connectivity index (χ3v) is 2.45. The van der Waals surface area contributed by atoms with Gasteiger partial charge in [0.15, 0.2) is 0 Å². The highest BCUT2D eigenvalue weighted by atomic mass is 16.3. The molecule has 0 aromatic rings. The van der Waals surface area contributed by atoms with Crippen molar-refractivity contribution in [3.63, 3.8) is 0 Å². The lowest BCUT2D eigenvalue weighted by atomic mass is 10.0. The molecule has 0 spiro atoms. The summed E-state index contributed by atoms with van der Waals surface area (Å²) in [5.41, 5.74) is 0. The number of β-amino-alcohol motifs (C(OH)–C–C–N with tert-alkyl or cyclic N) is 1. The van der Waals surface area contributed by atoms with E-state index in [1.807, 2.05) is 0 Å². The minimum atomic E-state index is -0.125. The van der Waals surface area contributed by atoms with E-state index in [-0.39, 0.29) is 6.10 Å². The molecule has 0 unspecified atom stereocenters. The second-order valence-electron chi connectivity index (χ2n) is 3.32. The summed E-state index contributed by atoms with van der Waals surface area (Å²) in [5.74, 6) is 0. The van der Waals surface area contributed by atoms with Gasteiger partial charge in [-0.25, -0.2) is 0 Å². The van der Waals surface area contributed by atoms with Crippen LogP contribution in [0, 0.1) is 0 Å². The van der Waals surface area contributed by atoms with Crippen LogP contribution >= 0.6 is 0 Å². The van der Waals surface area contributed by atoms with E-state index in [2.05, 4.69) is 4.90 Å². The van der Waals surface area contributed by atoms with Crippen LogP contribution < -0.4 is 0 Å². The van der Waals surface area contributed by atoms with Gasteiger partial charge in [0.05, 0.1) is 6.10 Å². The number of amides is 1. The largest absolute Gasteiger partial charge is 0.390 e. The first-order chi connectivity index (χ1) is 5.29. The molecular weight excluding hydrogens is 144 g/mol. The molecule has 0 aromatic carbocycles. The molecule has 2 fully saturated rings. The highest BCUT2D eigenvalue weighted by Gasteiger charge is 2.37. The molecule has 11 heavy (non-hydrogen) atoms. The predicted octanol–water partition coefficient (Wildman–Crippen LogP) is -1.50. The standard InChI is InChI=1S/C7H12N2O2/c10-5-8-1-6(2-8)9-3-7(11)4-9/h5-7,11H,1-4H2. The van der Waals surface area contributed by atoms with Gasteiger partial charge >= 0.3 is 0 Å². The normalized spacial score (nSPS) is 27.9. The molecular formula is C7H12N2O2. The number of rotatable bonds is 2. The van der Waals surface area contributed by atoms with E-state index in [1.54, 1.807) is 4.90 Å². The summed E-state index contributed by atoms with van der Waals surface area (Å²) in [7, 11) is 0. The van der Waals surface area contributed by atoms with Gasteiger partial charge in [0.2, 0.25) is 6.41 Å². The Bertz CT molecular complexity index is 162. The van der Waals surface area contributed by atoms with E-state index >= 15 is 0 Å². The number of hydrogen-bond acceptors (Lipinski definition) is 3. The molecule has 4 heteroatoms. The van der Waals surface area contributed by atoms with E-state index in [1.165, 1.54) is 0 Å². The summed E-state index contributed by atoms with van der Waals surface area (Å²) in [4.78, 5) is 14.1. The van der Waals surface area contributed by atoms with Gasteiger partial charge in [-0.15, -0.1) is 0 Å². The zero-order valence-corrected chi connectivity index (χ0v) is 6.31. The Morgan fingerprint density at radius 1 is 1.27 bits per heavy atom. The van der Waals surface area contributed by atoms with Gasteiger partial charge in [-0.1, -0.05) is 0 Å². The lowest BCUT2D eigenvalue weighted by Gasteiger charge is -2.49. The summed E-state index contributed by atoms with van der Waals surface area (Å²) in [6.07, 6.45) is 0.757. The smallest absolute Gasteiger partial charge is 0.209 e. The summed E-state index contributed by atoms with van der Waals surface area (Å²) >= 11 is 0. The monoisotopic (exact) mass is 156 g/mol. The van der Waals surface area contributed by atoms with Gasteiger partial charge in [0.25, 0.3) is 0 Å². The number of aliphatic hydroxyl groups is 1. The minimum Gasteiger partial charge on any atom is -0.390 e. The van der Waals surface area contributed by atoms with Crippen LogP contribution in [0.25, 0.3) is 0 Å². The van der Waals surface area contributed by atoms with Crippen molar-refractivity contribution < 1.29 is 9.90 Å². The maximum absolute atomic E-state index is 10.2. The summed E-state index contributed by atoms with van der Waals surface area (Å²) in [6, 6.07) is 0.517. The van der Waals surface area contributed by atoms with Gasteiger partial charge in [0, 0.05) is 32.2 Å². The van der Waals surface area contributed by atoms with Gasteiger partial charge in [-0.2, -0.15) is 0 Å². The van der Waals surface area contributed by atoms with Crippen molar-refractivity contribution in [2.24, 2.45) is 0 Å². The van der Waals surface area contributed by atoms with Gasteiger partial charge < -0.3 is 10.0 Å². The van der Waals surface area contributed by atoms with Gasteiger partial charge in [-0.05, 0) is 0 Å². The molecule has 1 N–H and O–H groups in total. The van der Waals surface area contributed by atoms with Crippen LogP contribution in [0.2, 0.25) is 0 Å². The molecule has 4 nitrogen and oxygen atoms in total. The molecule has 0 bridgehead atoms. The highest BCUT2D eigenvalue weighted by Crippen LogP contribution is 2.18. The number of hydrogen-bond donors (Lipinski definition) is 1. The minimum absolute atomic E-state index is 0.125. The molecule has 0 saturated carbocycles. The number of aliphatic hydroxyl groups excluding tert-OH is 1. The van der Waals surface area contributed by atoms with E-state index in [0.717, 1.165) is 32.6 Å². The van der Waals surface area contributed by atoms with E-state index in [0.29, 0.717) is 6.04 Å². The van der Waals surface area contributed by atoms with E-state index < -0.39 is 0 Å². The van der Waals surface area contributed by atoms with Crippen molar-refractivity contribution >= 4 is 6.41 Å². The Labute approximate surface area is 65.4 Å². The maximum atomic E-state index is 10.2. The topological polar surface area (TPSA) is 43.8 Å². The zero-order valence-electron chi connectivity index (χ0n) is 6.31. The van der Waals surface area contributed by atoms with Crippen molar-refractivity contribution in [1.29, 1.82) is 0 Å². The molecule has 0 aliphatic carbocycles. The average Bonchev–Trinajstić information content (AvgIpc) is 1.81. The first-order valence-electron chi connectivity index (χ1n) is 3.91. The van der Waals surface area contributed by atoms with Gasteiger partial charge in [0.1, 0.15) is 0 Å². The fourth-order valence-corrected chi connectivity index (χ4v) is 1.59. The van der Waals surface area contributed by atoms with Crippen molar-refractivity contribution in [3.8, 4) is 0 Å².